The number of hydrogen-bond donors (Lipinski definition) is 0. The lowest BCUT2D eigenvalue weighted by Crippen LogP contribution is -2.16. The molecule has 1 aliphatic carbocycles. The van der Waals surface area contributed by atoms with Crippen LogP contribution in [-0.4, -0.2) is 4.57 Å². The third-order valence-corrected chi connectivity index (χ3v) is 6.61. The first-order chi connectivity index (χ1) is 14.1. The summed E-state index contributed by atoms with van der Waals surface area (Å²) in [4.78, 5) is 0. The lowest BCUT2D eigenvalue weighted by Gasteiger charge is -2.24. The molecule has 0 spiro atoms. The first-order valence-electron chi connectivity index (χ1n) is 10.3. The van der Waals surface area contributed by atoms with E-state index >= 15 is 0 Å². The standard InChI is InChI=1S/C28H23N/c1-18-13-14-20-22-15-16-23-21-11-7-8-12-25(21)29(19-9-5-4-6-10-19)27(23)26(22)28(2,3)24(20)17-18/h4-17H,1-3H3. The van der Waals surface area contributed by atoms with Gasteiger partial charge in [-0.2, -0.15) is 0 Å². The van der Waals surface area contributed by atoms with Crippen molar-refractivity contribution in [3.63, 3.8) is 0 Å². The lowest BCUT2D eigenvalue weighted by molar-refractivity contribution is 0.663. The molecule has 140 valence electrons. The van der Waals surface area contributed by atoms with Crippen LogP contribution in [0.1, 0.15) is 30.5 Å². The average Bonchev–Trinajstić information content (AvgIpc) is 3.18. The summed E-state index contributed by atoms with van der Waals surface area (Å²) in [6, 6.07) is 31.1. The van der Waals surface area contributed by atoms with Gasteiger partial charge >= 0.3 is 0 Å². The fraction of sp³-hybridized carbons (Fsp3) is 0.143. The van der Waals surface area contributed by atoms with Crippen LogP contribution >= 0.6 is 0 Å². The van der Waals surface area contributed by atoms with E-state index in [2.05, 4.69) is 110 Å². The molecular formula is C28H23N. The van der Waals surface area contributed by atoms with Gasteiger partial charge in [0.25, 0.3) is 0 Å². The fourth-order valence-corrected chi connectivity index (χ4v) is 5.30. The van der Waals surface area contributed by atoms with E-state index in [1.807, 2.05) is 0 Å². The van der Waals surface area contributed by atoms with Crippen molar-refractivity contribution in [3.8, 4) is 16.8 Å². The molecule has 0 bridgehead atoms. The topological polar surface area (TPSA) is 4.93 Å². The van der Waals surface area contributed by atoms with Crippen molar-refractivity contribution in [1.82, 2.24) is 4.57 Å². The van der Waals surface area contributed by atoms with Crippen molar-refractivity contribution in [3.05, 3.63) is 102 Å². The molecule has 4 aromatic carbocycles. The normalized spacial score (nSPS) is 14.3. The minimum Gasteiger partial charge on any atom is -0.309 e. The Morgan fingerprint density at radius 2 is 1.41 bits per heavy atom. The maximum atomic E-state index is 2.46. The van der Waals surface area contributed by atoms with Gasteiger partial charge < -0.3 is 4.57 Å². The molecule has 5 aromatic rings. The highest BCUT2D eigenvalue weighted by Crippen LogP contribution is 2.53. The third kappa shape index (κ3) is 2.10. The van der Waals surface area contributed by atoms with Gasteiger partial charge in [0.15, 0.2) is 0 Å². The predicted molar refractivity (Wildman–Crippen MR) is 123 cm³/mol. The molecule has 0 atom stereocenters. The summed E-state index contributed by atoms with van der Waals surface area (Å²) in [5.74, 6) is 0. The fourth-order valence-electron chi connectivity index (χ4n) is 5.30. The van der Waals surface area contributed by atoms with Crippen molar-refractivity contribution in [2.75, 3.05) is 0 Å². The van der Waals surface area contributed by atoms with Crippen molar-refractivity contribution < 1.29 is 0 Å². The number of rotatable bonds is 1. The number of benzene rings is 4. The van der Waals surface area contributed by atoms with Gasteiger partial charge in [0.2, 0.25) is 0 Å². The summed E-state index contributed by atoms with van der Waals surface area (Å²) < 4.78 is 2.46. The highest BCUT2D eigenvalue weighted by atomic mass is 15.0. The van der Waals surface area contributed by atoms with Crippen LogP contribution in [0.25, 0.3) is 38.6 Å². The molecule has 1 heteroatoms. The van der Waals surface area contributed by atoms with Gasteiger partial charge in [-0.05, 0) is 47.4 Å². The molecule has 0 fully saturated rings. The molecule has 0 aliphatic heterocycles. The number of hydrogen-bond acceptors (Lipinski definition) is 0. The maximum Gasteiger partial charge on any atom is 0.0588 e. The Morgan fingerprint density at radius 3 is 2.24 bits per heavy atom. The van der Waals surface area contributed by atoms with Crippen LogP contribution in [0.3, 0.4) is 0 Å². The van der Waals surface area contributed by atoms with Gasteiger partial charge in [0, 0.05) is 21.9 Å². The molecular weight excluding hydrogens is 350 g/mol. The van der Waals surface area contributed by atoms with Crippen LogP contribution in [0, 0.1) is 6.92 Å². The number of para-hydroxylation sites is 2. The van der Waals surface area contributed by atoms with E-state index in [1.54, 1.807) is 0 Å². The summed E-state index contributed by atoms with van der Waals surface area (Å²) in [7, 11) is 0. The lowest BCUT2D eigenvalue weighted by atomic mass is 9.81. The highest BCUT2D eigenvalue weighted by molar-refractivity contribution is 6.13. The molecule has 1 aromatic heterocycles. The zero-order valence-electron chi connectivity index (χ0n) is 17.0. The van der Waals surface area contributed by atoms with Gasteiger partial charge in [-0.1, -0.05) is 86.1 Å². The first kappa shape index (κ1) is 16.6. The summed E-state index contributed by atoms with van der Waals surface area (Å²) >= 11 is 0. The predicted octanol–water partition coefficient (Wildman–Crippen LogP) is 7.40. The minimum absolute atomic E-state index is 0.0445. The van der Waals surface area contributed by atoms with E-state index in [4.69, 9.17) is 0 Å². The number of aromatic nitrogens is 1. The molecule has 0 N–H and O–H groups in total. The van der Waals surface area contributed by atoms with Crippen LogP contribution in [0.5, 0.6) is 0 Å². The van der Waals surface area contributed by atoms with Crippen LogP contribution < -0.4 is 0 Å². The van der Waals surface area contributed by atoms with E-state index in [9.17, 15) is 0 Å². The largest absolute Gasteiger partial charge is 0.309 e. The van der Waals surface area contributed by atoms with Crippen molar-refractivity contribution in [2.45, 2.75) is 26.2 Å². The SMILES string of the molecule is Cc1ccc2c(c1)C(C)(C)c1c-2ccc2c3ccccc3n(-c3ccccc3)c12. The Kier molecular flexibility index (Phi) is 3.21. The molecule has 6 rings (SSSR count). The number of aryl methyl sites for hydroxylation is 1. The first-order valence-corrected chi connectivity index (χ1v) is 10.3. The average molecular weight is 373 g/mol. The van der Waals surface area contributed by atoms with Gasteiger partial charge in [-0.25, -0.2) is 0 Å². The minimum atomic E-state index is -0.0445. The molecule has 0 unspecified atom stereocenters. The van der Waals surface area contributed by atoms with Crippen LogP contribution in [0.2, 0.25) is 0 Å². The second kappa shape index (κ2) is 5.61. The van der Waals surface area contributed by atoms with E-state index < -0.39 is 0 Å². The molecule has 0 saturated carbocycles. The molecule has 1 heterocycles. The smallest absolute Gasteiger partial charge is 0.0588 e. The zero-order valence-corrected chi connectivity index (χ0v) is 17.0. The Labute approximate surface area is 171 Å². The van der Waals surface area contributed by atoms with Crippen molar-refractivity contribution in [2.24, 2.45) is 0 Å². The quantitative estimate of drug-likeness (QED) is 0.288. The van der Waals surface area contributed by atoms with Crippen LogP contribution in [-0.2, 0) is 5.41 Å². The molecule has 1 nitrogen and oxygen atoms in total. The molecule has 0 saturated heterocycles. The van der Waals surface area contributed by atoms with Gasteiger partial charge in [-0.3, -0.25) is 0 Å². The molecule has 0 amide bonds. The van der Waals surface area contributed by atoms with Crippen LogP contribution in [0.4, 0.5) is 0 Å². The molecule has 0 radical (unpaired) electrons. The second-order valence-corrected chi connectivity index (χ2v) is 8.75. The Morgan fingerprint density at radius 1 is 0.690 bits per heavy atom. The summed E-state index contributed by atoms with van der Waals surface area (Å²) in [6.45, 7) is 6.95. The van der Waals surface area contributed by atoms with E-state index in [-0.39, 0.29) is 5.41 Å². The molecule has 29 heavy (non-hydrogen) atoms. The van der Waals surface area contributed by atoms with E-state index in [0.717, 1.165) is 0 Å². The Balaban J connectivity index is 1.84. The van der Waals surface area contributed by atoms with Gasteiger partial charge in [-0.15, -0.1) is 0 Å². The Bertz CT molecular complexity index is 1420. The van der Waals surface area contributed by atoms with Crippen LogP contribution in [0.15, 0.2) is 84.9 Å². The van der Waals surface area contributed by atoms with Gasteiger partial charge in [0.05, 0.1) is 11.0 Å². The van der Waals surface area contributed by atoms with E-state index in [1.165, 1.54) is 55.3 Å². The van der Waals surface area contributed by atoms with Crippen molar-refractivity contribution >= 4 is 21.8 Å². The maximum absolute atomic E-state index is 2.46. The third-order valence-electron chi connectivity index (χ3n) is 6.61. The second-order valence-electron chi connectivity index (χ2n) is 8.75. The summed E-state index contributed by atoms with van der Waals surface area (Å²) in [6.07, 6.45) is 0. The number of nitrogens with zero attached hydrogens (tertiary/aromatic N) is 1. The van der Waals surface area contributed by atoms with Gasteiger partial charge in [0.1, 0.15) is 0 Å². The number of fused-ring (bicyclic) bond motifs is 7. The zero-order chi connectivity index (χ0) is 19.8. The summed E-state index contributed by atoms with van der Waals surface area (Å²) in [5.41, 5.74) is 10.7. The summed E-state index contributed by atoms with van der Waals surface area (Å²) in [5, 5.41) is 2.65. The van der Waals surface area contributed by atoms with Crippen molar-refractivity contribution in [1.29, 1.82) is 0 Å². The Hall–Kier alpha value is -3.32. The monoisotopic (exact) mass is 373 g/mol. The highest BCUT2D eigenvalue weighted by Gasteiger charge is 2.38. The molecule has 1 aliphatic rings. The van der Waals surface area contributed by atoms with E-state index in [0.29, 0.717) is 0 Å².